The summed E-state index contributed by atoms with van der Waals surface area (Å²) in [6.07, 6.45) is 2.26. The molecule has 0 bridgehead atoms. The van der Waals surface area contributed by atoms with Gasteiger partial charge in [-0.3, -0.25) is 0 Å². The quantitative estimate of drug-likeness (QED) is 0.880. The Bertz CT molecular complexity index is 328. The fourth-order valence-electron chi connectivity index (χ4n) is 1.94. The van der Waals surface area contributed by atoms with Gasteiger partial charge < -0.3 is 5.32 Å². The van der Waals surface area contributed by atoms with Gasteiger partial charge in [0.1, 0.15) is 0 Å². The summed E-state index contributed by atoms with van der Waals surface area (Å²) in [5.74, 6) is 0. The Morgan fingerprint density at radius 3 is 2.38 bits per heavy atom. The van der Waals surface area contributed by atoms with E-state index in [2.05, 4.69) is 66.3 Å². The van der Waals surface area contributed by atoms with Crippen molar-refractivity contribution in [1.29, 1.82) is 0 Å². The zero-order valence-corrected chi connectivity index (χ0v) is 12.3. The van der Waals surface area contributed by atoms with Gasteiger partial charge in [0, 0.05) is 10.5 Å². The third-order valence-electron chi connectivity index (χ3n) is 2.69. The number of rotatable bonds is 4. The minimum atomic E-state index is 0.370. The van der Waals surface area contributed by atoms with Gasteiger partial charge in [0.05, 0.1) is 0 Å². The molecule has 1 aromatic carbocycles. The Morgan fingerprint density at radius 1 is 1.25 bits per heavy atom. The van der Waals surface area contributed by atoms with E-state index >= 15 is 0 Å². The van der Waals surface area contributed by atoms with Crippen LogP contribution in [0.1, 0.15) is 32.8 Å². The maximum atomic E-state index is 3.61. The van der Waals surface area contributed by atoms with Gasteiger partial charge in [-0.25, -0.2) is 0 Å². The van der Waals surface area contributed by atoms with Gasteiger partial charge in [-0.1, -0.05) is 54.9 Å². The lowest BCUT2D eigenvalue weighted by molar-refractivity contribution is 0.315. The predicted molar refractivity (Wildman–Crippen MR) is 74.8 cm³/mol. The normalized spacial score (nSPS) is 13.8. The molecule has 0 fully saturated rings. The van der Waals surface area contributed by atoms with Gasteiger partial charge in [0.25, 0.3) is 0 Å². The van der Waals surface area contributed by atoms with Gasteiger partial charge in [0.15, 0.2) is 0 Å². The van der Waals surface area contributed by atoms with Gasteiger partial charge in [-0.15, -0.1) is 0 Å². The highest BCUT2D eigenvalue weighted by Crippen LogP contribution is 2.24. The molecule has 1 N–H and O–H groups in total. The molecule has 0 heterocycles. The van der Waals surface area contributed by atoms with E-state index in [-0.39, 0.29) is 0 Å². The Morgan fingerprint density at radius 2 is 1.88 bits per heavy atom. The number of halogens is 1. The van der Waals surface area contributed by atoms with Crippen molar-refractivity contribution in [3.63, 3.8) is 0 Å². The maximum absolute atomic E-state index is 3.61. The molecule has 1 aromatic rings. The highest BCUT2D eigenvalue weighted by Gasteiger charge is 2.18. The molecule has 1 atom stereocenters. The molecule has 90 valence electrons. The molecule has 0 amide bonds. The molecule has 1 unspecified atom stereocenters. The lowest BCUT2D eigenvalue weighted by atomic mass is 9.86. The number of hydrogen-bond donors (Lipinski definition) is 1. The SMILES string of the molecule is CNC(Cc1ccccc1Br)CC(C)(C)C. The molecule has 0 aliphatic heterocycles. The summed E-state index contributed by atoms with van der Waals surface area (Å²) in [5, 5.41) is 3.41. The second kappa shape index (κ2) is 5.83. The van der Waals surface area contributed by atoms with E-state index in [4.69, 9.17) is 0 Å². The van der Waals surface area contributed by atoms with Crippen LogP contribution < -0.4 is 5.32 Å². The fourth-order valence-corrected chi connectivity index (χ4v) is 2.39. The third kappa shape index (κ3) is 4.67. The van der Waals surface area contributed by atoms with Gasteiger partial charge in [0.2, 0.25) is 0 Å². The largest absolute Gasteiger partial charge is 0.317 e. The smallest absolute Gasteiger partial charge is 0.0207 e. The number of likely N-dealkylation sites (N-methyl/N-ethyl adjacent to an activating group) is 1. The van der Waals surface area contributed by atoms with Crippen LogP contribution in [-0.4, -0.2) is 13.1 Å². The molecule has 1 nitrogen and oxygen atoms in total. The van der Waals surface area contributed by atoms with Crippen LogP contribution >= 0.6 is 15.9 Å². The van der Waals surface area contributed by atoms with Crippen molar-refractivity contribution in [2.24, 2.45) is 5.41 Å². The standard InChI is InChI=1S/C14H22BrN/c1-14(2,3)10-12(16-4)9-11-7-5-6-8-13(11)15/h5-8,12,16H,9-10H2,1-4H3. The first-order valence-electron chi connectivity index (χ1n) is 5.83. The summed E-state index contributed by atoms with van der Waals surface area (Å²) in [4.78, 5) is 0. The molecule has 0 saturated carbocycles. The molecule has 0 spiro atoms. The molecule has 16 heavy (non-hydrogen) atoms. The second-order valence-electron chi connectivity index (χ2n) is 5.55. The van der Waals surface area contributed by atoms with E-state index in [1.54, 1.807) is 0 Å². The van der Waals surface area contributed by atoms with Gasteiger partial charge in [-0.2, -0.15) is 0 Å². The summed E-state index contributed by atoms with van der Waals surface area (Å²) in [6.45, 7) is 6.87. The number of benzene rings is 1. The Kier molecular flexibility index (Phi) is 5.00. The first kappa shape index (κ1) is 13.7. The van der Waals surface area contributed by atoms with Crippen molar-refractivity contribution in [3.8, 4) is 0 Å². The number of hydrogen-bond acceptors (Lipinski definition) is 1. The van der Waals surface area contributed by atoms with E-state index in [9.17, 15) is 0 Å². The van der Waals surface area contributed by atoms with Crippen molar-refractivity contribution in [2.75, 3.05) is 7.05 Å². The summed E-state index contributed by atoms with van der Waals surface area (Å²) in [5.41, 5.74) is 1.75. The summed E-state index contributed by atoms with van der Waals surface area (Å²) in [6, 6.07) is 9.00. The Hall–Kier alpha value is -0.340. The van der Waals surface area contributed by atoms with Gasteiger partial charge >= 0.3 is 0 Å². The Labute approximate surface area is 108 Å². The molecule has 0 saturated heterocycles. The zero-order chi connectivity index (χ0) is 12.2. The van der Waals surface area contributed by atoms with E-state index in [0.29, 0.717) is 11.5 Å². The first-order valence-corrected chi connectivity index (χ1v) is 6.62. The van der Waals surface area contributed by atoms with Crippen LogP contribution in [-0.2, 0) is 6.42 Å². The molecule has 1 rings (SSSR count). The average Bonchev–Trinajstić information content (AvgIpc) is 2.18. The molecular weight excluding hydrogens is 262 g/mol. The predicted octanol–water partition coefficient (Wildman–Crippen LogP) is 4.02. The van der Waals surface area contributed by atoms with Crippen molar-refractivity contribution in [3.05, 3.63) is 34.3 Å². The minimum absolute atomic E-state index is 0.370. The molecule has 0 radical (unpaired) electrons. The van der Waals surface area contributed by atoms with E-state index in [0.717, 1.165) is 6.42 Å². The van der Waals surface area contributed by atoms with E-state index in [1.807, 2.05) is 7.05 Å². The van der Waals surface area contributed by atoms with Crippen LogP contribution in [0.4, 0.5) is 0 Å². The third-order valence-corrected chi connectivity index (χ3v) is 3.46. The Balaban J connectivity index is 2.67. The van der Waals surface area contributed by atoms with Gasteiger partial charge in [-0.05, 0) is 36.9 Å². The molecule has 0 aliphatic rings. The van der Waals surface area contributed by atoms with Crippen LogP contribution in [0.2, 0.25) is 0 Å². The highest BCUT2D eigenvalue weighted by molar-refractivity contribution is 9.10. The molecule has 0 aliphatic carbocycles. The van der Waals surface area contributed by atoms with Crippen LogP contribution in [0.5, 0.6) is 0 Å². The fraction of sp³-hybridized carbons (Fsp3) is 0.571. The minimum Gasteiger partial charge on any atom is -0.317 e. The second-order valence-corrected chi connectivity index (χ2v) is 6.40. The molecular formula is C14H22BrN. The van der Waals surface area contributed by atoms with Crippen LogP contribution in [0.15, 0.2) is 28.7 Å². The lowest BCUT2D eigenvalue weighted by Crippen LogP contribution is -2.32. The summed E-state index contributed by atoms with van der Waals surface area (Å²) < 4.78 is 1.21. The van der Waals surface area contributed by atoms with Crippen molar-refractivity contribution in [1.82, 2.24) is 5.32 Å². The average molecular weight is 284 g/mol. The van der Waals surface area contributed by atoms with E-state index in [1.165, 1.54) is 16.5 Å². The van der Waals surface area contributed by atoms with E-state index < -0.39 is 0 Å². The van der Waals surface area contributed by atoms with Crippen LogP contribution in [0.3, 0.4) is 0 Å². The zero-order valence-electron chi connectivity index (χ0n) is 10.7. The van der Waals surface area contributed by atoms with Crippen molar-refractivity contribution >= 4 is 15.9 Å². The van der Waals surface area contributed by atoms with Crippen LogP contribution in [0.25, 0.3) is 0 Å². The molecule has 2 heteroatoms. The van der Waals surface area contributed by atoms with Crippen LogP contribution in [0, 0.1) is 5.41 Å². The topological polar surface area (TPSA) is 12.0 Å². The van der Waals surface area contributed by atoms with Crippen molar-refractivity contribution < 1.29 is 0 Å². The summed E-state index contributed by atoms with van der Waals surface area (Å²) >= 11 is 3.61. The summed E-state index contributed by atoms with van der Waals surface area (Å²) in [7, 11) is 2.05. The maximum Gasteiger partial charge on any atom is 0.0207 e. The lowest BCUT2D eigenvalue weighted by Gasteiger charge is -2.26. The first-order chi connectivity index (χ1) is 7.42. The molecule has 0 aromatic heterocycles. The monoisotopic (exact) mass is 283 g/mol. The number of nitrogens with one attached hydrogen (secondary N) is 1. The highest BCUT2D eigenvalue weighted by atomic mass is 79.9. The van der Waals surface area contributed by atoms with Crippen molar-refractivity contribution in [2.45, 2.75) is 39.7 Å².